The second kappa shape index (κ2) is 7.19. The molecule has 2 amide bonds. The van der Waals surface area contributed by atoms with Gasteiger partial charge in [-0.05, 0) is 20.3 Å². The average Bonchev–Trinajstić information content (AvgIpc) is 2.26. The predicted octanol–water partition coefficient (Wildman–Crippen LogP) is -0.532. The molecule has 0 rings (SSSR count). The summed E-state index contributed by atoms with van der Waals surface area (Å²) < 4.78 is 0. The van der Waals surface area contributed by atoms with Crippen molar-refractivity contribution in [2.24, 2.45) is 5.73 Å². The molecule has 0 spiro atoms. The summed E-state index contributed by atoms with van der Waals surface area (Å²) in [7, 11) is 0. The highest BCUT2D eigenvalue weighted by Gasteiger charge is 2.16. The van der Waals surface area contributed by atoms with Gasteiger partial charge in [0.2, 0.25) is 5.91 Å². The Kier molecular flexibility index (Phi) is 6.64. The van der Waals surface area contributed by atoms with Gasteiger partial charge in [-0.2, -0.15) is 0 Å². The summed E-state index contributed by atoms with van der Waals surface area (Å²) in [6, 6.07) is -0.838. The molecule has 1 unspecified atom stereocenters. The highest BCUT2D eigenvalue weighted by atomic mass is 16.5. The monoisotopic (exact) mass is 217 g/mol. The van der Waals surface area contributed by atoms with Crippen molar-refractivity contribution in [2.75, 3.05) is 13.1 Å². The standard InChI is InChI=1S/C9H19N3O3/c1-3-12(4-2)8(13)6-5-7(10)9(14)11-15/h7,15H,3-6,10H2,1-2H3,(H,11,14). The zero-order chi connectivity index (χ0) is 11.8. The third-order valence-electron chi connectivity index (χ3n) is 2.23. The van der Waals surface area contributed by atoms with Gasteiger partial charge in [0.15, 0.2) is 0 Å². The Morgan fingerprint density at radius 2 is 1.93 bits per heavy atom. The van der Waals surface area contributed by atoms with E-state index in [9.17, 15) is 9.59 Å². The molecule has 1 atom stereocenters. The van der Waals surface area contributed by atoms with Crippen LogP contribution in [0.2, 0.25) is 0 Å². The molecule has 0 bridgehead atoms. The fourth-order valence-corrected chi connectivity index (χ4v) is 1.23. The van der Waals surface area contributed by atoms with E-state index in [0.717, 1.165) is 0 Å². The Balaban J connectivity index is 3.94. The number of nitrogens with one attached hydrogen (secondary N) is 1. The molecule has 0 heterocycles. The third kappa shape index (κ3) is 4.75. The number of hydrogen-bond acceptors (Lipinski definition) is 4. The lowest BCUT2D eigenvalue weighted by Crippen LogP contribution is -2.40. The van der Waals surface area contributed by atoms with Crippen LogP contribution in [0.5, 0.6) is 0 Å². The molecule has 0 aliphatic carbocycles. The molecule has 0 aliphatic rings. The van der Waals surface area contributed by atoms with E-state index in [1.807, 2.05) is 13.8 Å². The largest absolute Gasteiger partial charge is 0.343 e. The van der Waals surface area contributed by atoms with Crippen molar-refractivity contribution in [3.05, 3.63) is 0 Å². The molecule has 0 saturated heterocycles. The second-order valence-electron chi connectivity index (χ2n) is 3.19. The first-order valence-electron chi connectivity index (χ1n) is 5.04. The van der Waals surface area contributed by atoms with Crippen LogP contribution in [-0.2, 0) is 9.59 Å². The molecular weight excluding hydrogens is 198 g/mol. The van der Waals surface area contributed by atoms with Gasteiger partial charge >= 0.3 is 0 Å². The molecule has 6 heteroatoms. The van der Waals surface area contributed by atoms with Crippen molar-refractivity contribution < 1.29 is 14.8 Å². The van der Waals surface area contributed by atoms with Crippen molar-refractivity contribution >= 4 is 11.8 Å². The van der Waals surface area contributed by atoms with Gasteiger partial charge in [-0.25, -0.2) is 5.48 Å². The summed E-state index contributed by atoms with van der Waals surface area (Å²) in [5, 5.41) is 8.30. The SMILES string of the molecule is CCN(CC)C(=O)CCC(N)C(=O)NO. The number of hydrogen-bond donors (Lipinski definition) is 3. The van der Waals surface area contributed by atoms with E-state index in [1.165, 1.54) is 5.48 Å². The third-order valence-corrected chi connectivity index (χ3v) is 2.23. The van der Waals surface area contributed by atoms with Gasteiger partial charge in [-0.15, -0.1) is 0 Å². The van der Waals surface area contributed by atoms with E-state index in [1.54, 1.807) is 4.90 Å². The van der Waals surface area contributed by atoms with Crippen LogP contribution in [0.4, 0.5) is 0 Å². The Morgan fingerprint density at radius 1 is 1.40 bits per heavy atom. The molecule has 0 saturated carbocycles. The Bertz CT molecular complexity index is 217. The molecule has 88 valence electrons. The zero-order valence-electron chi connectivity index (χ0n) is 9.19. The highest BCUT2D eigenvalue weighted by Crippen LogP contribution is 2.00. The van der Waals surface area contributed by atoms with Crippen molar-refractivity contribution in [1.82, 2.24) is 10.4 Å². The van der Waals surface area contributed by atoms with E-state index in [0.29, 0.717) is 13.1 Å². The second-order valence-corrected chi connectivity index (χ2v) is 3.19. The summed E-state index contributed by atoms with van der Waals surface area (Å²) >= 11 is 0. The number of nitrogens with two attached hydrogens (primary N) is 1. The average molecular weight is 217 g/mol. The lowest BCUT2D eigenvalue weighted by molar-refractivity contribution is -0.132. The summed E-state index contributed by atoms with van der Waals surface area (Å²) in [4.78, 5) is 24.0. The molecule has 0 aromatic carbocycles. The quantitative estimate of drug-likeness (QED) is 0.411. The number of carbonyl (C=O) groups excluding carboxylic acids is 2. The van der Waals surface area contributed by atoms with E-state index < -0.39 is 11.9 Å². The molecule has 15 heavy (non-hydrogen) atoms. The van der Waals surface area contributed by atoms with Crippen molar-refractivity contribution in [3.8, 4) is 0 Å². The minimum absolute atomic E-state index is 0.0267. The van der Waals surface area contributed by atoms with Crippen LogP contribution < -0.4 is 11.2 Å². The summed E-state index contributed by atoms with van der Waals surface area (Å²) in [5.41, 5.74) is 6.87. The summed E-state index contributed by atoms with van der Waals surface area (Å²) in [6.45, 7) is 5.08. The zero-order valence-corrected chi connectivity index (χ0v) is 9.19. The molecule has 0 aromatic heterocycles. The molecule has 0 aromatic rings. The molecule has 0 radical (unpaired) electrons. The fourth-order valence-electron chi connectivity index (χ4n) is 1.23. The highest BCUT2D eigenvalue weighted by molar-refractivity contribution is 5.82. The normalized spacial score (nSPS) is 12.0. The summed E-state index contributed by atoms with van der Waals surface area (Å²) in [6.07, 6.45) is 0.456. The van der Waals surface area contributed by atoms with E-state index in [2.05, 4.69) is 0 Å². The first kappa shape index (κ1) is 13.9. The van der Waals surface area contributed by atoms with E-state index >= 15 is 0 Å². The smallest absolute Gasteiger partial charge is 0.260 e. The number of hydroxylamine groups is 1. The van der Waals surface area contributed by atoms with Crippen LogP contribution >= 0.6 is 0 Å². The number of carbonyl (C=O) groups is 2. The van der Waals surface area contributed by atoms with Crippen LogP contribution in [0.3, 0.4) is 0 Å². The predicted molar refractivity (Wildman–Crippen MR) is 55.1 cm³/mol. The molecule has 6 nitrogen and oxygen atoms in total. The van der Waals surface area contributed by atoms with Gasteiger partial charge in [-0.1, -0.05) is 0 Å². The number of rotatable bonds is 6. The first-order valence-corrected chi connectivity index (χ1v) is 5.04. The molecular formula is C9H19N3O3. The Morgan fingerprint density at radius 3 is 2.33 bits per heavy atom. The van der Waals surface area contributed by atoms with Gasteiger partial charge in [0.05, 0.1) is 6.04 Å². The van der Waals surface area contributed by atoms with Crippen LogP contribution in [0, 0.1) is 0 Å². The van der Waals surface area contributed by atoms with Crippen LogP contribution in [0.1, 0.15) is 26.7 Å². The number of nitrogens with zero attached hydrogens (tertiary/aromatic N) is 1. The van der Waals surface area contributed by atoms with Crippen molar-refractivity contribution in [2.45, 2.75) is 32.7 Å². The minimum Gasteiger partial charge on any atom is -0.343 e. The topological polar surface area (TPSA) is 95.7 Å². The Labute approximate surface area is 89.4 Å². The van der Waals surface area contributed by atoms with Crippen molar-refractivity contribution in [3.63, 3.8) is 0 Å². The molecule has 4 N–H and O–H groups in total. The molecule has 0 aliphatic heterocycles. The first-order chi connectivity index (χ1) is 7.06. The molecule has 0 fully saturated rings. The van der Waals surface area contributed by atoms with E-state index in [4.69, 9.17) is 10.9 Å². The lowest BCUT2D eigenvalue weighted by Gasteiger charge is -2.19. The van der Waals surface area contributed by atoms with Gasteiger partial charge in [0.25, 0.3) is 5.91 Å². The van der Waals surface area contributed by atoms with Gasteiger partial charge in [0.1, 0.15) is 0 Å². The lowest BCUT2D eigenvalue weighted by atomic mass is 10.1. The maximum absolute atomic E-state index is 11.5. The summed E-state index contributed by atoms with van der Waals surface area (Å²) in [5.74, 6) is -0.691. The minimum atomic E-state index is -0.838. The van der Waals surface area contributed by atoms with Gasteiger partial charge in [-0.3, -0.25) is 14.8 Å². The van der Waals surface area contributed by atoms with Crippen LogP contribution in [-0.4, -0.2) is 41.1 Å². The van der Waals surface area contributed by atoms with Gasteiger partial charge < -0.3 is 10.6 Å². The van der Waals surface area contributed by atoms with Crippen LogP contribution in [0.25, 0.3) is 0 Å². The van der Waals surface area contributed by atoms with Gasteiger partial charge in [0, 0.05) is 19.5 Å². The maximum atomic E-state index is 11.5. The van der Waals surface area contributed by atoms with Crippen LogP contribution in [0.15, 0.2) is 0 Å². The number of amides is 2. The van der Waals surface area contributed by atoms with Crippen molar-refractivity contribution in [1.29, 1.82) is 0 Å². The Hall–Kier alpha value is -1.14. The maximum Gasteiger partial charge on any atom is 0.260 e. The fraction of sp³-hybridized carbons (Fsp3) is 0.778. The van der Waals surface area contributed by atoms with E-state index in [-0.39, 0.29) is 18.7 Å².